The molecule has 0 aliphatic carbocycles. The number of hydrogen-bond donors (Lipinski definition) is 0. The predicted octanol–water partition coefficient (Wildman–Crippen LogP) is 2.55. The van der Waals surface area contributed by atoms with Gasteiger partial charge in [-0.1, -0.05) is 22.9 Å². The number of benzene rings is 1. The molecule has 1 aromatic rings. The molecule has 1 saturated heterocycles. The molecule has 0 atom stereocenters. The van der Waals surface area contributed by atoms with Crippen molar-refractivity contribution in [3.05, 3.63) is 28.2 Å². The summed E-state index contributed by atoms with van der Waals surface area (Å²) in [6.45, 7) is 2.64. The molecule has 1 aliphatic heterocycles. The second-order valence-corrected chi connectivity index (χ2v) is 6.80. The van der Waals surface area contributed by atoms with Crippen LogP contribution in [0.2, 0.25) is 0 Å². The first-order valence-corrected chi connectivity index (χ1v) is 7.73. The normalized spacial score (nSPS) is 19.0. The fraction of sp³-hybridized carbons (Fsp3) is 0.455. The van der Waals surface area contributed by atoms with Crippen molar-refractivity contribution in [3.63, 3.8) is 0 Å². The lowest BCUT2D eigenvalue weighted by Crippen LogP contribution is -2.26. The highest BCUT2D eigenvalue weighted by Gasteiger charge is 2.29. The van der Waals surface area contributed by atoms with Gasteiger partial charge in [-0.15, -0.1) is 0 Å². The molecule has 0 unspecified atom stereocenters. The van der Waals surface area contributed by atoms with Gasteiger partial charge < -0.3 is 0 Å². The molecule has 2 rings (SSSR count). The molecule has 1 heterocycles. The van der Waals surface area contributed by atoms with Crippen LogP contribution in [-0.4, -0.2) is 20.7 Å². The van der Waals surface area contributed by atoms with Gasteiger partial charge in [-0.3, -0.25) is 4.31 Å². The van der Waals surface area contributed by atoms with E-state index < -0.39 is 10.0 Å². The Kier molecular flexibility index (Phi) is 3.26. The zero-order chi connectivity index (χ0) is 11.8. The van der Waals surface area contributed by atoms with Gasteiger partial charge in [0.25, 0.3) is 0 Å². The smallest absolute Gasteiger partial charge is 0.235 e. The van der Waals surface area contributed by atoms with E-state index in [4.69, 9.17) is 0 Å². The maximum absolute atomic E-state index is 11.8. The van der Waals surface area contributed by atoms with Crippen molar-refractivity contribution in [2.45, 2.75) is 19.8 Å². The summed E-state index contributed by atoms with van der Waals surface area (Å²) in [5, 5.41) is 0. The van der Waals surface area contributed by atoms with Gasteiger partial charge in [0.1, 0.15) is 0 Å². The quantitative estimate of drug-likeness (QED) is 0.842. The Hall–Kier alpha value is -0.550. The Morgan fingerprint density at radius 3 is 2.75 bits per heavy atom. The fourth-order valence-corrected chi connectivity index (χ4v) is 4.00. The third kappa shape index (κ3) is 2.11. The van der Waals surface area contributed by atoms with E-state index in [-0.39, 0.29) is 5.75 Å². The van der Waals surface area contributed by atoms with Crippen molar-refractivity contribution in [3.8, 4) is 0 Å². The SMILES string of the molecule is CCc1cc(Br)ccc1N1CCCS1(=O)=O. The zero-order valence-electron chi connectivity index (χ0n) is 9.11. The standard InChI is InChI=1S/C11H14BrNO2S/c1-2-9-8-10(12)4-5-11(9)13-6-3-7-16(13,14)15/h4-5,8H,2-3,6-7H2,1H3. The highest BCUT2D eigenvalue weighted by Crippen LogP contribution is 2.30. The minimum absolute atomic E-state index is 0.270. The first-order valence-electron chi connectivity index (χ1n) is 5.33. The monoisotopic (exact) mass is 303 g/mol. The third-order valence-electron chi connectivity index (χ3n) is 2.79. The summed E-state index contributed by atoms with van der Waals surface area (Å²) in [5.41, 5.74) is 1.91. The van der Waals surface area contributed by atoms with Crippen LogP contribution in [0.5, 0.6) is 0 Å². The third-order valence-corrected chi connectivity index (χ3v) is 5.14. The maximum atomic E-state index is 11.8. The van der Waals surface area contributed by atoms with Gasteiger partial charge in [-0.2, -0.15) is 0 Å². The van der Waals surface area contributed by atoms with Crippen LogP contribution in [0.25, 0.3) is 0 Å². The molecular formula is C11H14BrNO2S. The van der Waals surface area contributed by atoms with Crippen molar-refractivity contribution in [2.24, 2.45) is 0 Å². The molecule has 0 amide bonds. The van der Waals surface area contributed by atoms with E-state index in [0.29, 0.717) is 6.54 Å². The Morgan fingerprint density at radius 1 is 1.44 bits per heavy atom. The second-order valence-electron chi connectivity index (χ2n) is 3.87. The summed E-state index contributed by atoms with van der Waals surface area (Å²) < 4.78 is 26.2. The molecule has 0 saturated carbocycles. The highest BCUT2D eigenvalue weighted by atomic mass is 79.9. The molecule has 3 nitrogen and oxygen atoms in total. The first kappa shape index (κ1) is 11.9. The summed E-state index contributed by atoms with van der Waals surface area (Å²) in [4.78, 5) is 0. The Morgan fingerprint density at radius 2 is 2.19 bits per heavy atom. The summed E-state index contributed by atoms with van der Waals surface area (Å²) in [6.07, 6.45) is 1.56. The van der Waals surface area contributed by atoms with E-state index >= 15 is 0 Å². The molecular weight excluding hydrogens is 290 g/mol. The van der Waals surface area contributed by atoms with Crippen LogP contribution in [0.1, 0.15) is 18.9 Å². The van der Waals surface area contributed by atoms with E-state index in [0.717, 1.165) is 28.6 Å². The van der Waals surface area contributed by atoms with Crippen LogP contribution in [0.15, 0.2) is 22.7 Å². The van der Waals surface area contributed by atoms with Crippen LogP contribution in [-0.2, 0) is 16.4 Å². The Bertz CT molecular complexity index is 499. The molecule has 5 heteroatoms. The molecule has 88 valence electrons. The molecule has 0 radical (unpaired) electrons. The van der Waals surface area contributed by atoms with E-state index in [9.17, 15) is 8.42 Å². The number of rotatable bonds is 2. The lowest BCUT2D eigenvalue weighted by molar-refractivity contribution is 0.599. The van der Waals surface area contributed by atoms with E-state index in [1.807, 2.05) is 25.1 Å². The van der Waals surface area contributed by atoms with Crippen LogP contribution < -0.4 is 4.31 Å². The van der Waals surface area contributed by atoms with Crippen LogP contribution in [0.3, 0.4) is 0 Å². The Labute approximate surface area is 105 Å². The number of sulfonamides is 1. The van der Waals surface area contributed by atoms with E-state index in [2.05, 4.69) is 15.9 Å². The minimum Gasteiger partial charge on any atom is -0.270 e. The van der Waals surface area contributed by atoms with Crippen LogP contribution >= 0.6 is 15.9 Å². The van der Waals surface area contributed by atoms with Gasteiger partial charge in [-0.25, -0.2) is 8.42 Å². The fourth-order valence-electron chi connectivity index (χ4n) is 1.99. The maximum Gasteiger partial charge on any atom is 0.235 e. The number of halogens is 1. The molecule has 0 aromatic heterocycles. The predicted molar refractivity (Wildman–Crippen MR) is 69.3 cm³/mol. The van der Waals surface area contributed by atoms with Crippen LogP contribution in [0, 0.1) is 0 Å². The number of nitrogens with zero attached hydrogens (tertiary/aromatic N) is 1. The lowest BCUT2D eigenvalue weighted by atomic mass is 10.1. The number of anilines is 1. The summed E-state index contributed by atoms with van der Waals surface area (Å²) >= 11 is 3.41. The van der Waals surface area contributed by atoms with Crippen molar-refractivity contribution in [1.82, 2.24) is 0 Å². The Balaban J connectivity index is 2.48. The van der Waals surface area contributed by atoms with E-state index in [1.165, 1.54) is 4.31 Å². The largest absolute Gasteiger partial charge is 0.270 e. The van der Waals surface area contributed by atoms with Gasteiger partial charge >= 0.3 is 0 Å². The van der Waals surface area contributed by atoms with Gasteiger partial charge in [0.15, 0.2) is 0 Å². The zero-order valence-corrected chi connectivity index (χ0v) is 11.5. The molecule has 1 fully saturated rings. The molecule has 16 heavy (non-hydrogen) atoms. The van der Waals surface area contributed by atoms with Crippen molar-refractivity contribution in [2.75, 3.05) is 16.6 Å². The van der Waals surface area contributed by atoms with Gasteiger partial charge in [0, 0.05) is 11.0 Å². The molecule has 0 spiro atoms. The number of hydrogen-bond acceptors (Lipinski definition) is 2. The average molecular weight is 304 g/mol. The van der Waals surface area contributed by atoms with Crippen molar-refractivity contribution < 1.29 is 8.42 Å². The van der Waals surface area contributed by atoms with Gasteiger partial charge in [-0.05, 0) is 36.6 Å². The minimum atomic E-state index is -3.07. The molecule has 0 bridgehead atoms. The molecule has 1 aromatic carbocycles. The lowest BCUT2D eigenvalue weighted by Gasteiger charge is -2.20. The summed E-state index contributed by atoms with van der Waals surface area (Å²) in [6, 6.07) is 5.76. The molecule has 0 N–H and O–H groups in total. The summed E-state index contributed by atoms with van der Waals surface area (Å²) in [5.74, 6) is 0.270. The van der Waals surface area contributed by atoms with Gasteiger partial charge in [0.05, 0.1) is 11.4 Å². The summed E-state index contributed by atoms with van der Waals surface area (Å²) in [7, 11) is -3.07. The van der Waals surface area contributed by atoms with Gasteiger partial charge in [0.2, 0.25) is 10.0 Å². The highest BCUT2D eigenvalue weighted by molar-refractivity contribution is 9.10. The topological polar surface area (TPSA) is 37.4 Å². The first-order chi connectivity index (χ1) is 7.54. The van der Waals surface area contributed by atoms with Crippen LogP contribution in [0.4, 0.5) is 5.69 Å². The van der Waals surface area contributed by atoms with E-state index in [1.54, 1.807) is 0 Å². The van der Waals surface area contributed by atoms with Crippen molar-refractivity contribution in [1.29, 1.82) is 0 Å². The average Bonchev–Trinajstić information content (AvgIpc) is 2.58. The molecule has 1 aliphatic rings. The van der Waals surface area contributed by atoms with Crippen molar-refractivity contribution >= 4 is 31.6 Å². The number of aryl methyl sites for hydroxylation is 1. The second kappa shape index (κ2) is 4.37.